The second-order valence-electron chi connectivity index (χ2n) is 7.73. The minimum atomic E-state index is -4.16. The zero-order valence-electron chi connectivity index (χ0n) is 18.8. The molecule has 0 radical (unpaired) electrons. The molecule has 0 N–H and O–H groups in total. The van der Waals surface area contributed by atoms with Crippen molar-refractivity contribution in [3.05, 3.63) is 126 Å². The fourth-order valence-electron chi connectivity index (χ4n) is 3.76. The molecule has 0 unspecified atom stereocenters. The lowest BCUT2D eigenvalue weighted by Gasteiger charge is -2.24. The van der Waals surface area contributed by atoms with E-state index in [9.17, 15) is 13.2 Å². The third-order valence-corrected chi connectivity index (χ3v) is 7.27. The number of carbonyl (C=O) groups is 1. The Labute approximate surface area is 200 Å². The summed E-state index contributed by atoms with van der Waals surface area (Å²) in [6, 6.07) is 31.5. The highest BCUT2D eigenvalue weighted by Crippen LogP contribution is 2.29. The lowest BCUT2D eigenvalue weighted by atomic mass is 9.99. The molecule has 0 aliphatic rings. The van der Waals surface area contributed by atoms with Crippen molar-refractivity contribution in [3.8, 4) is 5.75 Å². The Kier molecular flexibility index (Phi) is 7.09. The second kappa shape index (κ2) is 10.4. The summed E-state index contributed by atoms with van der Waals surface area (Å²) in [5.41, 5.74) is 2.54. The topological polar surface area (TPSA) is 63.7 Å². The normalized spacial score (nSPS) is 11.1. The molecule has 4 aromatic rings. The summed E-state index contributed by atoms with van der Waals surface area (Å²) in [6.07, 6.45) is 1.34. The number of ether oxygens (including phenoxy) is 1. The van der Waals surface area contributed by atoms with Crippen LogP contribution >= 0.6 is 0 Å². The molecule has 0 spiro atoms. The molecule has 0 aliphatic carbocycles. The summed E-state index contributed by atoms with van der Waals surface area (Å²) < 4.78 is 33.4. The lowest BCUT2D eigenvalue weighted by Crippen LogP contribution is -2.37. The molecule has 172 valence electrons. The maximum atomic E-state index is 13.9. The molecule has 0 heterocycles. The van der Waals surface area contributed by atoms with Crippen molar-refractivity contribution in [1.29, 1.82) is 0 Å². The van der Waals surface area contributed by atoms with Crippen molar-refractivity contribution in [3.63, 3.8) is 0 Å². The van der Waals surface area contributed by atoms with E-state index < -0.39 is 15.9 Å². The van der Waals surface area contributed by atoms with Gasteiger partial charge in [0.15, 0.2) is 0 Å². The summed E-state index contributed by atoms with van der Waals surface area (Å²) in [7, 11) is -2.63. The quantitative estimate of drug-likeness (QED) is 0.340. The number of aryl methyl sites for hydroxylation is 2. The van der Waals surface area contributed by atoms with E-state index in [1.54, 1.807) is 54.6 Å². The fourth-order valence-corrected chi connectivity index (χ4v) is 5.19. The third kappa shape index (κ3) is 5.02. The molecule has 0 fully saturated rings. The van der Waals surface area contributed by atoms with E-state index in [0.717, 1.165) is 21.9 Å². The Morgan fingerprint density at radius 1 is 0.735 bits per heavy atom. The van der Waals surface area contributed by atoms with Crippen molar-refractivity contribution in [2.45, 2.75) is 17.7 Å². The number of hydrogen-bond acceptors (Lipinski definition) is 4. The Morgan fingerprint density at radius 3 is 1.97 bits per heavy atom. The molecular weight excluding hydrogens is 446 g/mol. The molecule has 0 saturated carbocycles. The maximum Gasteiger partial charge on any atom is 0.272 e. The highest BCUT2D eigenvalue weighted by atomic mass is 32.2. The number of nitrogens with zero attached hydrogens (tertiary/aromatic N) is 1. The van der Waals surface area contributed by atoms with Gasteiger partial charge in [-0.05, 0) is 66.4 Å². The van der Waals surface area contributed by atoms with E-state index >= 15 is 0 Å². The molecule has 4 aromatic carbocycles. The molecule has 0 saturated heterocycles. The highest BCUT2D eigenvalue weighted by molar-refractivity contribution is 7.93. The van der Waals surface area contributed by atoms with E-state index in [2.05, 4.69) is 0 Å². The molecule has 5 nitrogen and oxygen atoms in total. The van der Waals surface area contributed by atoms with Crippen LogP contribution in [0.2, 0.25) is 0 Å². The number of benzene rings is 4. The summed E-state index contributed by atoms with van der Waals surface area (Å²) in [5, 5.41) is 0. The van der Waals surface area contributed by atoms with Crippen LogP contribution in [0.4, 0.5) is 5.69 Å². The van der Waals surface area contributed by atoms with E-state index in [0.29, 0.717) is 17.7 Å². The van der Waals surface area contributed by atoms with Crippen LogP contribution in [0.1, 0.15) is 21.5 Å². The van der Waals surface area contributed by atoms with E-state index in [-0.39, 0.29) is 10.6 Å². The van der Waals surface area contributed by atoms with Gasteiger partial charge >= 0.3 is 0 Å². The summed E-state index contributed by atoms with van der Waals surface area (Å²) in [4.78, 5) is 13.9. The van der Waals surface area contributed by atoms with Crippen molar-refractivity contribution in [1.82, 2.24) is 0 Å². The average molecular weight is 472 g/mol. The molecule has 6 heteroatoms. The van der Waals surface area contributed by atoms with Crippen molar-refractivity contribution < 1.29 is 17.9 Å². The van der Waals surface area contributed by atoms with Crippen LogP contribution in [0.5, 0.6) is 5.75 Å². The molecule has 0 aliphatic heterocycles. The van der Waals surface area contributed by atoms with Gasteiger partial charge in [0, 0.05) is 5.56 Å². The van der Waals surface area contributed by atoms with Crippen LogP contribution in [0, 0.1) is 0 Å². The highest BCUT2D eigenvalue weighted by Gasteiger charge is 2.32. The van der Waals surface area contributed by atoms with Gasteiger partial charge in [0.25, 0.3) is 15.9 Å². The predicted octanol–water partition coefficient (Wildman–Crippen LogP) is 5.52. The minimum Gasteiger partial charge on any atom is -0.497 e. The van der Waals surface area contributed by atoms with Crippen LogP contribution in [-0.4, -0.2) is 21.4 Å². The van der Waals surface area contributed by atoms with E-state index in [4.69, 9.17) is 4.74 Å². The summed E-state index contributed by atoms with van der Waals surface area (Å²) >= 11 is 0. The zero-order chi connectivity index (χ0) is 24.0. The van der Waals surface area contributed by atoms with Crippen LogP contribution in [0.15, 0.2) is 114 Å². The number of carbonyl (C=O) groups excluding carboxylic acids is 1. The number of anilines is 1. The number of amides is 1. The van der Waals surface area contributed by atoms with Crippen molar-refractivity contribution in [2.24, 2.45) is 0 Å². The third-order valence-electron chi connectivity index (χ3n) is 5.55. The van der Waals surface area contributed by atoms with Gasteiger partial charge in [0.05, 0.1) is 17.7 Å². The second-order valence-corrected chi connectivity index (χ2v) is 9.52. The fraction of sp³-hybridized carbons (Fsp3) is 0.107. The number of methoxy groups -OCH3 is 1. The van der Waals surface area contributed by atoms with Gasteiger partial charge in [-0.2, -0.15) is 4.31 Å². The Balaban J connectivity index is 1.76. The van der Waals surface area contributed by atoms with Crippen LogP contribution in [0.3, 0.4) is 0 Å². The predicted molar refractivity (Wildman–Crippen MR) is 134 cm³/mol. The Bertz CT molecular complexity index is 1350. The van der Waals surface area contributed by atoms with Gasteiger partial charge in [0.2, 0.25) is 0 Å². The van der Waals surface area contributed by atoms with Crippen LogP contribution in [0.25, 0.3) is 0 Å². The lowest BCUT2D eigenvalue weighted by molar-refractivity contribution is 0.100. The van der Waals surface area contributed by atoms with E-state index in [1.165, 1.54) is 19.2 Å². The van der Waals surface area contributed by atoms with Gasteiger partial charge in [-0.15, -0.1) is 0 Å². The molecule has 0 bridgehead atoms. The van der Waals surface area contributed by atoms with Gasteiger partial charge < -0.3 is 4.74 Å². The number of hydrogen-bond donors (Lipinski definition) is 0. The van der Waals surface area contributed by atoms with Crippen molar-refractivity contribution >= 4 is 21.6 Å². The molecule has 1 amide bonds. The number of sulfonamides is 1. The van der Waals surface area contributed by atoms with Crippen LogP contribution in [-0.2, 0) is 22.9 Å². The van der Waals surface area contributed by atoms with E-state index in [1.807, 2.05) is 42.5 Å². The first-order valence-electron chi connectivity index (χ1n) is 10.9. The summed E-state index contributed by atoms with van der Waals surface area (Å²) in [6.45, 7) is 0. The van der Waals surface area contributed by atoms with Gasteiger partial charge in [0.1, 0.15) is 5.75 Å². The van der Waals surface area contributed by atoms with Gasteiger partial charge in [-0.3, -0.25) is 4.79 Å². The smallest absolute Gasteiger partial charge is 0.272 e. The van der Waals surface area contributed by atoms with Gasteiger partial charge in [-0.1, -0.05) is 66.7 Å². The first kappa shape index (κ1) is 23.3. The molecule has 34 heavy (non-hydrogen) atoms. The van der Waals surface area contributed by atoms with Crippen LogP contribution < -0.4 is 9.04 Å². The SMILES string of the molecule is COc1ccc(N(C(=O)c2ccccc2CCc2ccccc2)S(=O)(=O)c2ccccc2)cc1. The first-order valence-corrected chi connectivity index (χ1v) is 12.4. The monoisotopic (exact) mass is 471 g/mol. The first-order chi connectivity index (χ1) is 16.5. The molecular formula is C28H25NO4S. The van der Waals surface area contributed by atoms with Crippen molar-refractivity contribution in [2.75, 3.05) is 11.4 Å². The molecule has 4 rings (SSSR count). The minimum absolute atomic E-state index is 0.0425. The summed E-state index contributed by atoms with van der Waals surface area (Å²) in [5.74, 6) is -0.0331. The molecule has 0 aromatic heterocycles. The average Bonchev–Trinajstić information content (AvgIpc) is 2.89. The Morgan fingerprint density at radius 2 is 1.32 bits per heavy atom. The molecule has 0 atom stereocenters. The largest absolute Gasteiger partial charge is 0.497 e. The maximum absolute atomic E-state index is 13.9. The van der Waals surface area contributed by atoms with Gasteiger partial charge in [-0.25, -0.2) is 8.42 Å². The standard InChI is InChI=1S/C28H25NO4S/c1-33-25-20-18-24(19-21-25)29(34(31,32)26-13-6-3-7-14-26)28(30)27-15-9-8-12-23(27)17-16-22-10-4-2-5-11-22/h2-15,18-21H,16-17H2,1H3. The number of rotatable bonds is 8. The zero-order valence-corrected chi connectivity index (χ0v) is 19.6. The Hall–Kier alpha value is -3.90.